The molecule has 0 aliphatic carbocycles. The predicted molar refractivity (Wildman–Crippen MR) is 99.7 cm³/mol. The Bertz CT molecular complexity index is 825. The van der Waals surface area contributed by atoms with Crippen LogP contribution in [0, 0.1) is 0 Å². The highest BCUT2D eigenvalue weighted by molar-refractivity contribution is 6.32. The number of benzene rings is 1. The summed E-state index contributed by atoms with van der Waals surface area (Å²) in [6, 6.07) is 9.59. The molecule has 1 unspecified atom stereocenters. The van der Waals surface area contributed by atoms with E-state index in [1.165, 1.54) is 11.8 Å². The molecule has 138 valence electrons. The standard InChI is InChI=1S/C18H21ClN4O3/c1-26-18(25)22-9-5-8-14(12-22)21-15-10-20-23(17(24)16(15)19)11-13-6-3-2-4-7-13/h2-4,6-7,10,14,21H,5,8-9,11-12H2,1H3. The Morgan fingerprint density at radius 1 is 1.38 bits per heavy atom. The van der Waals surface area contributed by atoms with Crippen molar-refractivity contribution in [2.45, 2.75) is 25.4 Å². The summed E-state index contributed by atoms with van der Waals surface area (Å²) in [6.07, 6.45) is 2.93. The maximum Gasteiger partial charge on any atom is 0.409 e. The molecule has 1 saturated heterocycles. The van der Waals surface area contributed by atoms with Gasteiger partial charge in [-0.05, 0) is 18.4 Å². The first-order chi connectivity index (χ1) is 12.6. The molecule has 7 nitrogen and oxygen atoms in total. The van der Waals surface area contributed by atoms with Crippen molar-refractivity contribution in [3.63, 3.8) is 0 Å². The smallest absolute Gasteiger partial charge is 0.409 e. The van der Waals surface area contributed by atoms with Gasteiger partial charge < -0.3 is 15.0 Å². The monoisotopic (exact) mass is 376 g/mol. The number of aromatic nitrogens is 2. The van der Waals surface area contributed by atoms with Crippen molar-refractivity contribution in [1.82, 2.24) is 14.7 Å². The van der Waals surface area contributed by atoms with Crippen molar-refractivity contribution in [3.05, 3.63) is 57.5 Å². The molecule has 3 rings (SSSR count). The molecule has 0 saturated carbocycles. The van der Waals surface area contributed by atoms with Crippen molar-refractivity contribution in [1.29, 1.82) is 0 Å². The molecule has 0 spiro atoms. The third kappa shape index (κ3) is 4.16. The molecule has 1 aliphatic heterocycles. The third-order valence-electron chi connectivity index (χ3n) is 4.37. The van der Waals surface area contributed by atoms with Crippen molar-refractivity contribution in [3.8, 4) is 0 Å². The second-order valence-electron chi connectivity index (χ2n) is 6.22. The van der Waals surface area contributed by atoms with Crippen LogP contribution < -0.4 is 10.9 Å². The van der Waals surface area contributed by atoms with Gasteiger partial charge in [0.25, 0.3) is 5.56 Å². The van der Waals surface area contributed by atoms with E-state index >= 15 is 0 Å². The van der Waals surface area contributed by atoms with E-state index in [4.69, 9.17) is 16.3 Å². The van der Waals surface area contributed by atoms with E-state index in [-0.39, 0.29) is 22.7 Å². The normalized spacial score (nSPS) is 17.0. The first-order valence-corrected chi connectivity index (χ1v) is 8.85. The maximum atomic E-state index is 12.5. The lowest BCUT2D eigenvalue weighted by atomic mass is 10.1. The third-order valence-corrected chi connectivity index (χ3v) is 4.74. The predicted octanol–water partition coefficient (Wildman–Crippen LogP) is 2.59. The molecule has 1 amide bonds. The van der Waals surface area contributed by atoms with Crippen molar-refractivity contribution in [2.75, 3.05) is 25.5 Å². The summed E-state index contributed by atoms with van der Waals surface area (Å²) in [7, 11) is 1.37. The van der Waals surface area contributed by atoms with Gasteiger partial charge in [-0.2, -0.15) is 5.10 Å². The van der Waals surface area contributed by atoms with Gasteiger partial charge in [0, 0.05) is 19.1 Å². The van der Waals surface area contributed by atoms with Gasteiger partial charge in [-0.3, -0.25) is 4.79 Å². The molecule has 1 aliphatic rings. The molecule has 2 aromatic rings. The number of likely N-dealkylation sites (tertiary alicyclic amines) is 1. The van der Waals surface area contributed by atoms with Crippen LogP contribution >= 0.6 is 11.6 Å². The Balaban J connectivity index is 1.72. The Hall–Kier alpha value is -2.54. The van der Waals surface area contributed by atoms with Gasteiger partial charge in [-0.1, -0.05) is 41.9 Å². The van der Waals surface area contributed by atoms with Crippen LogP contribution in [0.5, 0.6) is 0 Å². The number of hydrogen-bond acceptors (Lipinski definition) is 5. The minimum atomic E-state index is -0.348. The van der Waals surface area contributed by atoms with E-state index in [2.05, 4.69) is 10.4 Å². The fourth-order valence-electron chi connectivity index (χ4n) is 3.04. The topological polar surface area (TPSA) is 76.5 Å². The minimum Gasteiger partial charge on any atom is -0.453 e. The minimum absolute atomic E-state index is 0.00785. The zero-order valence-corrected chi connectivity index (χ0v) is 15.3. The van der Waals surface area contributed by atoms with E-state index in [1.807, 2.05) is 30.3 Å². The number of amides is 1. The number of nitrogens with one attached hydrogen (secondary N) is 1. The Morgan fingerprint density at radius 3 is 2.88 bits per heavy atom. The zero-order chi connectivity index (χ0) is 18.5. The van der Waals surface area contributed by atoms with Crippen LogP contribution in [-0.4, -0.2) is 47.0 Å². The molecule has 8 heteroatoms. The molecule has 1 atom stereocenters. The fraction of sp³-hybridized carbons (Fsp3) is 0.389. The molecular formula is C18H21ClN4O3. The van der Waals surface area contributed by atoms with Crippen LogP contribution in [0.3, 0.4) is 0 Å². The summed E-state index contributed by atoms with van der Waals surface area (Å²) in [5, 5.41) is 7.56. The fourth-order valence-corrected chi connectivity index (χ4v) is 3.25. The Labute approximate surface area is 156 Å². The zero-order valence-electron chi connectivity index (χ0n) is 14.5. The number of carbonyl (C=O) groups excluding carboxylic acids is 1. The molecule has 1 N–H and O–H groups in total. The van der Waals surface area contributed by atoms with E-state index in [0.717, 1.165) is 18.4 Å². The summed E-state index contributed by atoms with van der Waals surface area (Å²) in [5.74, 6) is 0. The largest absolute Gasteiger partial charge is 0.453 e. The van der Waals surface area contributed by atoms with E-state index in [1.54, 1.807) is 11.1 Å². The molecule has 1 fully saturated rings. The SMILES string of the molecule is COC(=O)N1CCCC(Nc2cnn(Cc3ccccc3)c(=O)c2Cl)C1. The number of anilines is 1. The van der Waals surface area contributed by atoms with Gasteiger partial charge in [0.05, 0.1) is 25.5 Å². The van der Waals surface area contributed by atoms with Crippen LogP contribution in [-0.2, 0) is 11.3 Å². The summed E-state index contributed by atoms with van der Waals surface area (Å²) in [5.41, 5.74) is 1.11. The maximum absolute atomic E-state index is 12.5. The average molecular weight is 377 g/mol. The number of rotatable bonds is 4. The van der Waals surface area contributed by atoms with E-state index < -0.39 is 0 Å². The van der Waals surface area contributed by atoms with E-state index in [0.29, 0.717) is 25.3 Å². The van der Waals surface area contributed by atoms with Crippen LogP contribution in [0.25, 0.3) is 0 Å². The van der Waals surface area contributed by atoms with Crippen molar-refractivity contribution in [2.24, 2.45) is 0 Å². The first-order valence-electron chi connectivity index (χ1n) is 8.47. The van der Waals surface area contributed by atoms with Gasteiger partial charge in [-0.15, -0.1) is 0 Å². The van der Waals surface area contributed by atoms with Gasteiger partial charge in [-0.25, -0.2) is 9.48 Å². The number of ether oxygens (including phenoxy) is 1. The molecule has 0 bridgehead atoms. The number of methoxy groups -OCH3 is 1. The van der Waals surface area contributed by atoms with Crippen LogP contribution in [0.15, 0.2) is 41.3 Å². The van der Waals surface area contributed by atoms with Crippen molar-refractivity contribution >= 4 is 23.4 Å². The summed E-state index contributed by atoms with van der Waals surface area (Å²) in [4.78, 5) is 25.8. The van der Waals surface area contributed by atoms with Gasteiger partial charge in [0.1, 0.15) is 5.02 Å². The lowest BCUT2D eigenvalue weighted by Crippen LogP contribution is -2.45. The number of nitrogens with zero attached hydrogens (tertiary/aromatic N) is 3. The van der Waals surface area contributed by atoms with E-state index in [9.17, 15) is 9.59 Å². The summed E-state index contributed by atoms with van der Waals surface area (Å²) in [6.45, 7) is 1.52. The number of carbonyl (C=O) groups is 1. The van der Waals surface area contributed by atoms with Crippen LogP contribution in [0.2, 0.25) is 5.02 Å². The molecule has 0 radical (unpaired) electrons. The van der Waals surface area contributed by atoms with Crippen LogP contribution in [0.1, 0.15) is 18.4 Å². The quantitative estimate of drug-likeness (QED) is 0.887. The highest BCUT2D eigenvalue weighted by Gasteiger charge is 2.25. The Kier molecular flexibility index (Phi) is 5.78. The molecule has 1 aromatic heterocycles. The summed E-state index contributed by atoms with van der Waals surface area (Å²) >= 11 is 6.27. The molecule has 2 heterocycles. The second-order valence-corrected chi connectivity index (χ2v) is 6.60. The van der Waals surface area contributed by atoms with Crippen LogP contribution in [0.4, 0.5) is 10.5 Å². The molecular weight excluding hydrogens is 356 g/mol. The highest BCUT2D eigenvalue weighted by Crippen LogP contribution is 2.20. The average Bonchev–Trinajstić information content (AvgIpc) is 2.68. The van der Waals surface area contributed by atoms with Gasteiger partial charge >= 0.3 is 6.09 Å². The second kappa shape index (κ2) is 8.23. The Morgan fingerprint density at radius 2 is 2.15 bits per heavy atom. The van der Waals surface area contributed by atoms with Gasteiger partial charge in [0.2, 0.25) is 0 Å². The summed E-state index contributed by atoms with van der Waals surface area (Å²) < 4.78 is 6.11. The number of halogens is 1. The lowest BCUT2D eigenvalue weighted by Gasteiger charge is -2.32. The van der Waals surface area contributed by atoms with Gasteiger partial charge in [0.15, 0.2) is 0 Å². The first kappa shape index (κ1) is 18.3. The molecule has 1 aromatic carbocycles. The lowest BCUT2D eigenvalue weighted by molar-refractivity contribution is 0.113. The number of piperidine rings is 1. The van der Waals surface area contributed by atoms with Crippen molar-refractivity contribution < 1.29 is 9.53 Å². The molecule has 26 heavy (non-hydrogen) atoms. The number of hydrogen-bond donors (Lipinski definition) is 1. The highest BCUT2D eigenvalue weighted by atomic mass is 35.5.